The van der Waals surface area contributed by atoms with Crippen molar-refractivity contribution >= 4 is 11.9 Å². The highest BCUT2D eigenvalue weighted by Crippen LogP contribution is 2.16. The quantitative estimate of drug-likeness (QED) is 0.0322. The van der Waals surface area contributed by atoms with Crippen molar-refractivity contribution in [3.05, 3.63) is 24.3 Å². The van der Waals surface area contributed by atoms with Crippen LogP contribution in [0, 0.1) is 0 Å². The van der Waals surface area contributed by atoms with Crippen molar-refractivity contribution in [2.24, 2.45) is 0 Å². The van der Waals surface area contributed by atoms with Gasteiger partial charge in [0.1, 0.15) is 0 Å². The lowest BCUT2D eigenvalue weighted by molar-refractivity contribution is -0.143. The maximum Gasteiger partial charge on any atom is 0.305 e. The Morgan fingerprint density at radius 3 is 1.32 bits per heavy atom. The SMILES string of the molecule is CCCCC/C=C\C/C=C\CCCCCCCCCC(=O)OCCCCCCCCCCCCCCCC(=O)NC(CO)C(O)CCCCCCCCCCCCCC. The number of esters is 1. The summed E-state index contributed by atoms with van der Waals surface area (Å²) >= 11 is 0. The molecule has 0 aromatic heterocycles. The molecule has 3 N–H and O–H groups in total. The van der Waals surface area contributed by atoms with Crippen molar-refractivity contribution in [2.75, 3.05) is 13.2 Å². The zero-order chi connectivity index (χ0) is 43.0. The molecular weight excluding hydrogens is 731 g/mol. The third kappa shape index (κ3) is 45.7. The second kappa shape index (κ2) is 49.0. The Morgan fingerprint density at radius 1 is 0.475 bits per heavy atom. The molecule has 0 rings (SSSR count). The van der Waals surface area contributed by atoms with Crippen LogP contribution in [0.15, 0.2) is 24.3 Å². The predicted octanol–water partition coefficient (Wildman–Crippen LogP) is 15.5. The molecule has 0 aliphatic carbocycles. The van der Waals surface area contributed by atoms with Gasteiger partial charge in [0.15, 0.2) is 0 Å². The third-order valence-corrected chi connectivity index (χ3v) is 12.0. The van der Waals surface area contributed by atoms with Crippen LogP contribution < -0.4 is 5.32 Å². The van der Waals surface area contributed by atoms with Crippen LogP contribution in [-0.2, 0) is 14.3 Å². The summed E-state index contributed by atoms with van der Waals surface area (Å²) in [6.07, 6.45) is 57.1. The Morgan fingerprint density at radius 2 is 0.847 bits per heavy atom. The molecule has 0 aliphatic rings. The second-order valence-electron chi connectivity index (χ2n) is 17.9. The van der Waals surface area contributed by atoms with Gasteiger partial charge < -0.3 is 20.3 Å². The summed E-state index contributed by atoms with van der Waals surface area (Å²) in [5.74, 6) is -0.0622. The van der Waals surface area contributed by atoms with Gasteiger partial charge in [0.2, 0.25) is 5.91 Å². The molecule has 59 heavy (non-hydrogen) atoms. The minimum Gasteiger partial charge on any atom is -0.466 e. The Labute approximate surface area is 367 Å². The maximum absolute atomic E-state index is 12.4. The second-order valence-corrected chi connectivity index (χ2v) is 17.9. The Bertz CT molecular complexity index is 920. The summed E-state index contributed by atoms with van der Waals surface area (Å²) in [6.45, 7) is 4.89. The molecule has 0 saturated carbocycles. The summed E-state index contributed by atoms with van der Waals surface area (Å²) in [6, 6.07) is -0.550. The third-order valence-electron chi connectivity index (χ3n) is 12.0. The zero-order valence-electron chi connectivity index (χ0n) is 39.5. The van der Waals surface area contributed by atoms with E-state index in [0.717, 1.165) is 57.8 Å². The fourth-order valence-corrected chi connectivity index (χ4v) is 7.96. The molecule has 348 valence electrons. The first kappa shape index (κ1) is 57.3. The van der Waals surface area contributed by atoms with E-state index in [-0.39, 0.29) is 18.5 Å². The van der Waals surface area contributed by atoms with E-state index in [0.29, 0.717) is 25.9 Å². The van der Waals surface area contributed by atoms with Gasteiger partial charge in [0, 0.05) is 12.8 Å². The van der Waals surface area contributed by atoms with Crippen molar-refractivity contribution in [3.8, 4) is 0 Å². The maximum atomic E-state index is 12.4. The van der Waals surface area contributed by atoms with E-state index in [1.807, 2.05) is 0 Å². The number of amides is 1. The number of carbonyl (C=O) groups excluding carboxylic acids is 2. The Hall–Kier alpha value is -1.66. The number of hydrogen-bond donors (Lipinski definition) is 3. The van der Waals surface area contributed by atoms with Crippen molar-refractivity contribution in [1.82, 2.24) is 5.32 Å². The summed E-state index contributed by atoms with van der Waals surface area (Å²) in [5.41, 5.74) is 0. The van der Waals surface area contributed by atoms with Crippen molar-refractivity contribution < 1.29 is 24.5 Å². The molecule has 2 unspecified atom stereocenters. The number of ether oxygens (including phenoxy) is 1. The number of unbranched alkanes of at least 4 members (excludes halogenated alkanes) is 33. The van der Waals surface area contributed by atoms with Crippen molar-refractivity contribution in [2.45, 2.75) is 289 Å². The minimum atomic E-state index is -0.672. The number of aliphatic hydroxyl groups excluding tert-OH is 2. The highest BCUT2D eigenvalue weighted by Gasteiger charge is 2.20. The molecule has 0 saturated heterocycles. The van der Waals surface area contributed by atoms with Gasteiger partial charge in [-0.2, -0.15) is 0 Å². The van der Waals surface area contributed by atoms with Gasteiger partial charge in [-0.3, -0.25) is 9.59 Å². The van der Waals surface area contributed by atoms with E-state index in [2.05, 4.69) is 43.5 Å². The molecule has 0 aliphatic heterocycles. The van der Waals surface area contributed by atoms with Gasteiger partial charge in [0.05, 0.1) is 25.4 Å². The van der Waals surface area contributed by atoms with Crippen LogP contribution in [0.1, 0.15) is 277 Å². The lowest BCUT2D eigenvalue weighted by atomic mass is 10.0. The van der Waals surface area contributed by atoms with Crippen molar-refractivity contribution in [1.29, 1.82) is 0 Å². The first-order valence-corrected chi connectivity index (χ1v) is 26.1. The highest BCUT2D eigenvalue weighted by molar-refractivity contribution is 5.76. The van der Waals surface area contributed by atoms with Crippen LogP contribution in [-0.4, -0.2) is 47.4 Å². The average molecular weight is 832 g/mol. The number of rotatable bonds is 48. The monoisotopic (exact) mass is 832 g/mol. The molecule has 0 aromatic carbocycles. The topological polar surface area (TPSA) is 95.9 Å². The smallest absolute Gasteiger partial charge is 0.305 e. The number of nitrogens with one attached hydrogen (secondary N) is 1. The van der Waals surface area contributed by atoms with E-state index in [4.69, 9.17) is 4.74 Å². The van der Waals surface area contributed by atoms with E-state index in [1.165, 1.54) is 186 Å². The molecule has 0 fully saturated rings. The summed E-state index contributed by atoms with van der Waals surface area (Å²) in [7, 11) is 0. The molecule has 1 amide bonds. The van der Waals surface area contributed by atoms with Crippen LogP contribution >= 0.6 is 0 Å². The van der Waals surface area contributed by atoms with Gasteiger partial charge in [-0.1, -0.05) is 231 Å². The molecule has 0 heterocycles. The van der Waals surface area contributed by atoms with Gasteiger partial charge in [-0.25, -0.2) is 0 Å². The largest absolute Gasteiger partial charge is 0.466 e. The number of aliphatic hydroxyl groups is 2. The Kier molecular flexibility index (Phi) is 47.6. The van der Waals surface area contributed by atoms with E-state index >= 15 is 0 Å². The summed E-state index contributed by atoms with van der Waals surface area (Å²) in [5, 5.41) is 23.2. The van der Waals surface area contributed by atoms with Crippen LogP contribution in [0.5, 0.6) is 0 Å². The fraction of sp³-hybridized carbons (Fsp3) is 0.887. The minimum absolute atomic E-state index is 0.0133. The predicted molar refractivity (Wildman–Crippen MR) is 255 cm³/mol. The van der Waals surface area contributed by atoms with Crippen LogP contribution in [0.3, 0.4) is 0 Å². The molecule has 2 atom stereocenters. The van der Waals surface area contributed by atoms with Crippen LogP contribution in [0.2, 0.25) is 0 Å². The normalized spacial score (nSPS) is 12.8. The molecule has 0 bridgehead atoms. The molecule has 0 radical (unpaired) electrons. The van der Waals surface area contributed by atoms with E-state index in [9.17, 15) is 19.8 Å². The summed E-state index contributed by atoms with van der Waals surface area (Å²) in [4.78, 5) is 24.5. The molecule has 6 nitrogen and oxygen atoms in total. The van der Waals surface area contributed by atoms with Crippen molar-refractivity contribution in [3.63, 3.8) is 0 Å². The van der Waals surface area contributed by atoms with E-state index < -0.39 is 12.1 Å². The van der Waals surface area contributed by atoms with Gasteiger partial charge in [0.25, 0.3) is 0 Å². The average Bonchev–Trinajstić information content (AvgIpc) is 3.24. The number of carbonyl (C=O) groups is 2. The first-order valence-electron chi connectivity index (χ1n) is 26.1. The molecular formula is C53H101NO5. The van der Waals surface area contributed by atoms with Gasteiger partial charge >= 0.3 is 5.97 Å². The number of hydrogen-bond acceptors (Lipinski definition) is 5. The van der Waals surface area contributed by atoms with Crippen LogP contribution in [0.4, 0.5) is 0 Å². The summed E-state index contributed by atoms with van der Waals surface area (Å²) < 4.78 is 5.47. The van der Waals surface area contributed by atoms with Gasteiger partial charge in [-0.15, -0.1) is 0 Å². The molecule has 0 aromatic rings. The molecule has 6 heteroatoms. The van der Waals surface area contributed by atoms with E-state index in [1.54, 1.807) is 0 Å². The lowest BCUT2D eigenvalue weighted by Crippen LogP contribution is -2.45. The molecule has 0 spiro atoms. The highest BCUT2D eigenvalue weighted by atomic mass is 16.5. The van der Waals surface area contributed by atoms with Crippen LogP contribution in [0.25, 0.3) is 0 Å². The first-order chi connectivity index (χ1) is 29.0. The van der Waals surface area contributed by atoms with Gasteiger partial charge in [-0.05, 0) is 57.8 Å². The lowest BCUT2D eigenvalue weighted by Gasteiger charge is -2.22. The Balaban J connectivity index is 3.44. The fourth-order valence-electron chi connectivity index (χ4n) is 7.96. The standard InChI is InChI=1S/C53H101NO5/c1-3-5-7-9-11-13-15-17-18-19-20-23-27-31-35-39-43-47-53(58)59-48-44-40-36-32-28-24-21-22-26-30-34-38-42-46-52(57)54-50(49-55)51(56)45-41-37-33-29-25-16-14-12-10-8-6-4-2/h11,13,17-18,50-51,55-56H,3-10,12,14-16,19-49H2,1-2H3,(H,54,57)/b13-11-,18-17-. The zero-order valence-corrected chi connectivity index (χ0v) is 39.5. The number of allylic oxidation sites excluding steroid dienone is 4.